The maximum absolute atomic E-state index is 13.9. The Morgan fingerprint density at radius 1 is 1.24 bits per heavy atom. The van der Waals surface area contributed by atoms with Gasteiger partial charge in [-0.3, -0.25) is 4.90 Å². The number of hydrogen-bond donors (Lipinski definition) is 1. The summed E-state index contributed by atoms with van der Waals surface area (Å²) in [5.41, 5.74) is 0.0959. The number of halogens is 6. The SMILES string of the molecule is Cl.Fc1ccc(Br)cc1[C@H](CC(F)(F)F)N1CCNCC1. The van der Waals surface area contributed by atoms with E-state index in [2.05, 4.69) is 21.2 Å². The lowest BCUT2D eigenvalue weighted by Crippen LogP contribution is -2.46. The first kappa shape index (κ1) is 18.7. The maximum Gasteiger partial charge on any atom is 0.390 e. The third-order valence-corrected chi connectivity index (χ3v) is 3.83. The van der Waals surface area contributed by atoms with Crippen LogP contribution in [0.5, 0.6) is 0 Å². The van der Waals surface area contributed by atoms with Gasteiger partial charge in [0.15, 0.2) is 0 Å². The molecule has 21 heavy (non-hydrogen) atoms. The Labute approximate surface area is 135 Å². The molecule has 0 aliphatic carbocycles. The van der Waals surface area contributed by atoms with Crippen molar-refractivity contribution in [3.8, 4) is 0 Å². The quantitative estimate of drug-likeness (QED) is 0.786. The molecule has 1 aromatic rings. The van der Waals surface area contributed by atoms with E-state index in [0.29, 0.717) is 30.7 Å². The molecule has 0 unspecified atom stereocenters. The molecule has 0 saturated carbocycles. The maximum atomic E-state index is 13.9. The van der Waals surface area contributed by atoms with Gasteiger partial charge in [-0.25, -0.2) is 4.39 Å². The summed E-state index contributed by atoms with van der Waals surface area (Å²) in [6.45, 7) is 2.19. The second-order valence-electron chi connectivity index (χ2n) is 4.79. The van der Waals surface area contributed by atoms with Crippen molar-refractivity contribution in [1.82, 2.24) is 10.2 Å². The van der Waals surface area contributed by atoms with E-state index in [1.807, 2.05) is 0 Å². The van der Waals surface area contributed by atoms with Gasteiger partial charge in [-0.2, -0.15) is 13.2 Å². The van der Waals surface area contributed by atoms with Gasteiger partial charge in [0.25, 0.3) is 0 Å². The zero-order valence-electron chi connectivity index (χ0n) is 11.1. The molecule has 1 aromatic carbocycles. The van der Waals surface area contributed by atoms with E-state index in [1.54, 1.807) is 4.90 Å². The molecule has 0 spiro atoms. The van der Waals surface area contributed by atoms with Crippen LogP contribution in [0.2, 0.25) is 0 Å². The van der Waals surface area contributed by atoms with Gasteiger partial charge in [0.1, 0.15) is 5.82 Å². The van der Waals surface area contributed by atoms with E-state index in [9.17, 15) is 17.6 Å². The minimum atomic E-state index is -4.33. The molecule has 2 nitrogen and oxygen atoms in total. The molecule has 1 atom stereocenters. The summed E-state index contributed by atoms with van der Waals surface area (Å²) in [7, 11) is 0. The molecule has 1 fully saturated rings. The molecule has 8 heteroatoms. The summed E-state index contributed by atoms with van der Waals surface area (Å²) in [5.74, 6) is -0.596. The van der Waals surface area contributed by atoms with Crippen molar-refractivity contribution in [2.24, 2.45) is 0 Å². The Hall–Kier alpha value is -0.370. The average molecular weight is 392 g/mol. The molecule has 0 radical (unpaired) electrons. The van der Waals surface area contributed by atoms with E-state index in [1.165, 1.54) is 18.2 Å². The van der Waals surface area contributed by atoms with Gasteiger partial charge < -0.3 is 5.32 Å². The monoisotopic (exact) mass is 390 g/mol. The summed E-state index contributed by atoms with van der Waals surface area (Å²) in [4.78, 5) is 1.69. The van der Waals surface area contributed by atoms with Crippen molar-refractivity contribution in [3.63, 3.8) is 0 Å². The van der Waals surface area contributed by atoms with Crippen molar-refractivity contribution >= 4 is 28.3 Å². The number of nitrogens with zero attached hydrogens (tertiary/aromatic N) is 1. The van der Waals surface area contributed by atoms with Gasteiger partial charge >= 0.3 is 6.18 Å². The van der Waals surface area contributed by atoms with Crippen molar-refractivity contribution < 1.29 is 17.6 Å². The van der Waals surface area contributed by atoms with Gasteiger partial charge in [0.2, 0.25) is 0 Å². The molecule has 1 N–H and O–H groups in total. The number of benzene rings is 1. The summed E-state index contributed by atoms with van der Waals surface area (Å²) in [6, 6.07) is 3.15. The Balaban J connectivity index is 0.00000220. The summed E-state index contributed by atoms with van der Waals surface area (Å²) >= 11 is 3.19. The number of nitrogens with one attached hydrogen (secondary N) is 1. The van der Waals surface area contributed by atoms with Crippen LogP contribution < -0.4 is 5.32 Å². The normalized spacial score (nSPS) is 18.1. The van der Waals surface area contributed by atoms with Crippen LogP contribution in [0.15, 0.2) is 22.7 Å². The van der Waals surface area contributed by atoms with E-state index in [4.69, 9.17) is 0 Å². The Bertz CT molecular complexity index is 464. The fraction of sp³-hybridized carbons (Fsp3) is 0.538. The summed E-state index contributed by atoms with van der Waals surface area (Å²) in [5, 5.41) is 3.08. The Morgan fingerprint density at radius 2 is 1.86 bits per heavy atom. The predicted molar refractivity (Wildman–Crippen MR) is 79.2 cm³/mol. The van der Waals surface area contributed by atoms with Crippen LogP contribution in [0.1, 0.15) is 18.0 Å². The molecular formula is C13H16BrClF4N2. The standard InChI is InChI=1S/C13H15BrF4N2.ClH/c14-9-1-2-11(15)10(7-9)12(8-13(16,17)18)20-5-3-19-4-6-20;/h1-2,7,12,19H,3-6,8H2;1H/t12-;/m0./s1. The lowest BCUT2D eigenvalue weighted by molar-refractivity contribution is -0.149. The van der Waals surface area contributed by atoms with Crippen LogP contribution in [0.25, 0.3) is 0 Å². The molecule has 1 saturated heterocycles. The van der Waals surface area contributed by atoms with Crippen LogP contribution in [-0.2, 0) is 0 Å². The predicted octanol–water partition coefficient (Wildman–Crippen LogP) is 3.91. The highest BCUT2D eigenvalue weighted by Gasteiger charge is 2.37. The lowest BCUT2D eigenvalue weighted by atomic mass is 10.0. The van der Waals surface area contributed by atoms with Crippen LogP contribution in [0, 0.1) is 5.82 Å². The fourth-order valence-electron chi connectivity index (χ4n) is 2.42. The molecule has 2 rings (SSSR count). The molecular weight excluding hydrogens is 376 g/mol. The van der Waals surface area contributed by atoms with Gasteiger partial charge in [0.05, 0.1) is 6.42 Å². The lowest BCUT2D eigenvalue weighted by Gasteiger charge is -2.35. The molecule has 1 heterocycles. The zero-order chi connectivity index (χ0) is 14.8. The second kappa shape index (κ2) is 7.76. The van der Waals surface area contributed by atoms with Gasteiger partial charge in [0, 0.05) is 42.3 Å². The Kier molecular flexibility index (Phi) is 6.90. The fourth-order valence-corrected chi connectivity index (χ4v) is 2.80. The average Bonchev–Trinajstić information content (AvgIpc) is 2.39. The number of rotatable bonds is 3. The topological polar surface area (TPSA) is 15.3 Å². The van der Waals surface area contributed by atoms with Crippen LogP contribution in [0.4, 0.5) is 17.6 Å². The Morgan fingerprint density at radius 3 is 2.43 bits per heavy atom. The van der Waals surface area contributed by atoms with Crippen molar-refractivity contribution in [1.29, 1.82) is 0 Å². The smallest absolute Gasteiger partial charge is 0.314 e. The van der Waals surface area contributed by atoms with E-state index < -0.39 is 24.5 Å². The zero-order valence-corrected chi connectivity index (χ0v) is 13.5. The number of hydrogen-bond acceptors (Lipinski definition) is 2. The van der Waals surface area contributed by atoms with Crippen molar-refractivity contribution in [3.05, 3.63) is 34.1 Å². The summed E-state index contributed by atoms with van der Waals surface area (Å²) < 4.78 is 52.9. The number of piperazine rings is 1. The first-order chi connectivity index (χ1) is 9.37. The first-order valence-electron chi connectivity index (χ1n) is 6.33. The third kappa shape index (κ3) is 5.39. The second-order valence-corrected chi connectivity index (χ2v) is 5.70. The largest absolute Gasteiger partial charge is 0.390 e. The van der Waals surface area contributed by atoms with Crippen LogP contribution in [-0.4, -0.2) is 37.3 Å². The van der Waals surface area contributed by atoms with Gasteiger partial charge in [-0.05, 0) is 18.2 Å². The van der Waals surface area contributed by atoms with E-state index in [-0.39, 0.29) is 18.0 Å². The third-order valence-electron chi connectivity index (χ3n) is 3.33. The minimum absolute atomic E-state index is 0. The molecule has 120 valence electrons. The molecule has 1 aliphatic rings. The molecule has 1 aliphatic heterocycles. The van der Waals surface area contributed by atoms with Crippen LogP contribution >= 0.6 is 28.3 Å². The van der Waals surface area contributed by atoms with Crippen LogP contribution in [0.3, 0.4) is 0 Å². The molecule has 0 amide bonds. The number of alkyl halides is 3. The van der Waals surface area contributed by atoms with E-state index in [0.717, 1.165) is 0 Å². The first-order valence-corrected chi connectivity index (χ1v) is 7.12. The van der Waals surface area contributed by atoms with Crippen molar-refractivity contribution in [2.75, 3.05) is 26.2 Å². The summed E-state index contributed by atoms with van der Waals surface area (Å²) in [6.07, 6.45) is -5.37. The van der Waals surface area contributed by atoms with Crippen molar-refractivity contribution in [2.45, 2.75) is 18.6 Å². The highest BCUT2D eigenvalue weighted by atomic mass is 79.9. The minimum Gasteiger partial charge on any atom is -0.314 e. The van der Waals surface area contributed by atoms with Gasteiger partial charge in [-0.15, -0.1) is 12.4 Å². The molecule has 0 aromatic heterocycles. The van der Waals surface area contributed by atoms with Gasteiger partial charge in [-0.1, -0.05) is 15.9 Å². The molecule has 0 bridgehead atoms. The highest BCUT2D eigenvalue weighted by Crippen LogP contribution is 2.36. The highest BCUT2D eigenvalue weighted by molar-refractivity contribution is 9.10. The van der Waals surface area contributed by atoms with E-state index >= 15 is 0 Å².